The Kier molecular flexibility index (Phi) is 6.12. The highest BCUT2D eigenvalue weighted by Crippen LogP contribution is 2.44. The maximum Gasteiger partial charge on any atom is 0.407 e. The van der Waals surface area contributed by atoms with E-state index in [1.54, 1.807) is 13.2 Å². The molecule has 0 heterocycles. The first-order valence-corrected chi connectivity index (χ1v) is 10.5. The van der Waals surface area contributed by atoms with Crippen LogP contribution in [0, 0.1) is 6.92 Å². The Balaban J connectivity index is 1.43. The lowest BCUT2D eigenvalue weighted by molar-refractivity contribution is -0.139. The van der Waals surface area contributed by atoms with Gasteiger partial charge in [-0.3, -0.25) is 0 Å². The predicted octanol–water partition coefficient (Wildman–Crippen LogP) is 4.54. The Morgan fingerprint density at radius 2 is 1.62 bits per heavy atom. The normalized spacial score (nSPS) is 13.1. The summed E-state index contributed by atoms with van der Waals surface area (Å²) in [6.07, 6.45) is -0.630. The van der Waals surface area contributed by atoms with E-state index in [0.717, 1.165) is 33.4 Å². The lowest BCUT2D eigenvalue weighted by Gasteiger charge is -2.18. The van der Waals surface area contributed by atoms with Crippen molar-refractivity contribution in [2.45, 2.75) is 25.3 Å². The summed E-state index contributed by atoms with van der Waals surface area (Å²) in [6.45, 7) is 2.04. The number of hydrogen-bond donors (Lipinski definition) is 2. The molecule has 0 fully saturated rings. The number of nitrogens with one attached hydrogen (secondary N) is 1. The number of benzene rings is 3. The van der Waals surface area contributed by atoms with Crippen molar-refractivity contribution in [3.8, 4) is 16.9 Å². The third kappa shape index (κ3) is 4.30. The zero-order valence-electron chi connectivity index (χ0n) is 18.0. The van der Waals surface area contributed by atoms with Crippen molar-refractivity contribution in [2.75, 3.05) is 13.7 Å². The number of ether oxygens (including phenoxy) is 2. The van der Waals surface area contributed by atoms with Crippen LogP contribution in [0.1, 0.15) is 28.2 Å². The molecule has 6 heteroatoms. The molecule has 1 atom stereocenters. The van der Waals surface area contributed by atoms with Gasteiger partial charge in [-0.15, -0.1) is 0 Å². The van der Waals surface area contributed by atoms with Gasteiger partial charge in [-0.25, -0.2) is 9.59 Å². The number of carboxylic acids is 1. The van der Waals surface area contributed by atoms with Crippen LogP contribution in [0.25, 0.3) is 11.1 Å². The van der Waals surface area contributed by atoms with Crippen molar-refractivity contribution in [2.24, 2.45) is 0 Å². The number of carbonyl (C=O) groups excluding carboxylic acids is 1. The molecule has 4 rings (SSSR count). The highest BCUT2D eigenvalue weighted by atomic mass is 16.5. The average molecular weight is 431 g/mol. The van der Waals surface area contributed by atoms with Gasteiger partial charge in [0.05, 0.1) is 7.11 Å². The Morgan fingerprint density at radius 1 is 1.00 bits per heavy atom. The summed E-state index contributed by atoms with van der Waals surface area (Å²) in [5.41, 5.74) is 6.17. The van der Waals surface area contributed by atoms with Gasteiger partial charge in [0.25, 0.3) is 0 Å². The first-order chi connectivity index (χ1) is 15.5. The van der Waals surface area contributed by atoms with E-state index in [4.69, 9.17) is 9.47 Å². The van der Waals surface area contributed by atoms with Crippen LogP contribution in [0.3, 0.4) is 0 Å². The fraction of sp³-hybridized carbons (Fsp3) is 0.231. The van der Waals surface area contributed by atoms with Crippen LogP contribution in [-0.4, -0.2) is 36.9 Å². The van der Waals surface area contributed by atoms with Crippen LogP contribution in [0.2, 0.25) is 0 Å². The molecule has 3 aromatic rings. The highest BCUT2D eigenvalue weighted by molar-refractivity contribution is 5.81. The predicted molar refractivity (Wildman–Crippen MR) is 121 cm³/mol. The van der Waals surface area contributed by atoms with Gasteiger partial charge < -0.3 is 19.9 Å². The van der Waals surface area contributed by atoms with Crippen molar-refractivity contribution >= 4 is 12.1 Å². The number of methoxy groups -OCH3 is 1. The molecular formula is C26H25NO5. The molecular weight excluding hydrogens is 406 g/mol. The second-order valence-electron chi connectivity index (χ2n) is 7.87. The molecule has 1 amide bonds. The van der Waals surface area contributed by atoms with Crippen molar-refractivity contribution in [1.29, 1.82) is 0 Å². The quantitative estimate of drug-likeness (QED) is 0.574. The minimum Gasteiger partial charge on any atom is -0.496 e. The molecule has 0 saturated carbocycles. The standard InChI is InChI=1S/C26H25NO5/c1-16-11-12-17(14-24(16)31-2)13-23(25(28)29)27-26(30)32-15-22-20-9-5-3-7-18(20)19-8-4-6-10-21(19)22/h3-12,14,22-23H,13,15H2,1-2H3,(H,27,30)(H,28,29). The van der Waals surface area contributed by atoms with Gasteiger partial charge in [0, 0.05) is 12.3 Å². The number of aryl methyl sites for hydroxylation is 1. The van der Waals surface area contributed by atoms with Gasteiger partial charge in [-0.2, -0.15) is 0 Å². The molecule has 0 radical (unpaired) electrons. The van der Waals surface area contributed by atoms with Crippen molar-refractivity contribution in [3.63, 3.8) is 0 Å². The van der Waals surface area contributed by atoms with Gasteiger partial charge >= 0.3 is 12.1 Å². The molecule has 1 aliphatic carbocycles. The van der Waals surface area contributed by atoms with E-state index in [0.29, 0.717) is 5.75 Å². The third-order valence-corrected chi connectivity index (χ3v) is 5.85. The van der Waals surface area contributed by atoms with Gasteiger partial charge in [0.1, 0.15) is 18.4 Å². The van der Waals surface area contributed by atoms with Crippen LogP contribution in [0.15, 0.2) is 66.7 Å². The van der Waals surface area contributed by atoms with E-state index in [-0.39, 0.29) is 18.9 Å². The molecule has 164 valence electrons. The number of amides is 1. The highest BCUT2D eigenvalue weighted by Gasteiger charge is 2.29. The largest absolute Gasteiger partial charge is 0.496 e. The molecule has 3 aromatic carbocycles. The number of rotatable bonds is 7. The van der Waals surface area contributed by atoms with Crippen LogP contribution in [-0.2, 0) is 16.0 Å². The first kappa shape index (κ1) is 21.4. The fourth-order valence-electron chi connectivity index (χ4n) is 4.21. The number of aliphatic carboxylic acids is 1. The van der Waals surface area contributed by atoms with E-state index in [9.17, 15) is 14.7 Å². The molecule has 0 aliphatic heterocycles. The minimum atomic E-state index is -1.13. The monoisotopic (exact) mass is 431 g/mol. The minimum absolute atomic E-state index is 0.0854. The number of alkyl carbamates (subject to hydrolysis) is 1. The third-order valence-electron chi connectivity index (χ3n) is 5.85. The molecule has 32 heavy (non-hydrogen) atoms. The molecule has 0 bridgehead atoms. The summed E-state index contributed by atoms with van der Waals surface area (Å²) in [4.78, 5) is 24.2. The van der Waals surface area contributed by atoms with E-state index in [1.165, 1.54) is 0 Å². The number of carboxylic acid groups (broad SMARTS) is 1. The zero-order valence-corrected chi connectivity index (χ0v) is 18.0. The Morgan fingerprint density at radius 3 is 2.22 bits per heavy atom. The Labute approximate surface area is 186 Å². The van der Waals surface area contributed by atoms with Crippen LogP contribution in [0.4, 0.5) is 4.79 Å². The fourth-order valence-corrected chi connectivity index (χ4v) is 4.21. The molecule has 6 nitrogen and oxygen atoms in total. The summed E-state index contributed by atoms with van der Waals surface area (Å²) in [6, 6.07) is 20.5. The first-order valence-electron chi connectivity index (χ1n) is 10.5. The van der Waals surface area contributed by atoms with E-state index >= 15 is 0 Å². The van der Waals surface area contributed by atoms with Gasteiger partial charge in [-0.05, 0) is 46.4 Å². The second-order valence-corrected chi connectivity index (χ2v) is 7.87. The summed E-state index contributed by atoms with van der Waals surface area (Å²) < 4.78 is 10.8. The van der Waals surface area contributed by atoms with Gasteiger partial charge in [0.2, 0.25) is 0 Å². The van der Waals surface area contributed by atoms with E-state index in [2.05, 4.69) is 17.4 Å². The summed E-state index contributed by atoms with van der Waals surface area (Å²) >= 11 is 0. The maximum absolute atomic E-state index is 12.5. The number of hydrogen-bond acceptors (Lipinski definition) is 4. The Bertz CT molecular complexity index is 1110. The average Bonchev–Trinajstić information content (AvgIpc) is 3.12. The van der Waals surface area contributed by atoms with Crippen LogP contribution < -0.4 is 10.1 Å². The van der Waals surface area contributed by atoms with Crippen LogP contribution in [0.5, 0.6) is 5.75 Å². The van der Waals surface area contributed by atoms with E-state index < -0.39 is 18.1 Å². The number of carbonyl (C=O) groups is 2. The zero-order chi connectivity index (χ0) is 22.7. The lowest BCUT2D eigenvalue weighted by atomic mass is 9.98. The van der Waals surface area contributed by atoms with Crippen molar-refractivity contribution < 1.29 is 24.2 Å². The maximum atomic E-state index is 12.5. The molecule has 1 aliphatic rings. The summed E-state index contributed by atoms with van der Waals surface area (Å²) in [5, 5.41) is 12.1. The van der Waals surface area contributed by atoms with Gasteiger partial charge in [0.15, 0.2) is 0 Å². The topological polar surface area (TPSA) is 84.9 Å². The van der Waals surface area contributed by atoms with Gasteiger partial charge in [-0.1, -0.05) is 60.7 Å². The lowest BCUT2D eigenvalue weighted by Crippen LogP contribution is -2.42. The van der Waals surface area contributed by atoms with Crippen molar-refractivity contribution in [3.05, 3.63) is 89.0 Å². The second kappa shape index (κ2) is 9.14. The molecule has 0 spiro atoms. The summed E-state index contributed by atoms with van der Waals surface area (Å²) in [5.74, 6) is -0.538. The van der Waals surface area contributed by atoms with Crippen LogP contribution >= 0.6 is 0 Å². The van der Waals surface area contributed by atoms with Crippen molar-refractivity contribution in [1.82, 2.24) is 5.32 Å². The molecule has 1 unspecified atom stereocenters. The molecule has 0 saturated heterocycles. The number of fused-ring (bicyclic) bond motifs is 3. The molecule has 0 aromatic heterocycles. The Hall–Kier alpha value is -3.80. The summed E-state index contributed by atoms with van der Waals surface area (Å²) in [7, 11) is 1.57. The smallest absolute Gasteiger partial charge is 0.407 e. The molecule has 2 N–H and O–H groups in total. The van der Waals surface area contributed by atoms with E-state index in [1.807, 2.05) is 55.5 Å². The SMILES string of the molecule is COc1cc(CC(NC(=O)OCC2c3ccccc3-c3ccccc32)C(=O)O)ccc1C.